The highest BCUT2D eigenvalue weighted by Gasteiger charge is 2.22. The lowest BCUT2D eigenvalue weighted by molar-refractivity contribution is -0.131. The molecule has 1 aromatic heterocycles. The molecular weight excluding hydrogens is 350 g/mol. The second-order valence-corrected chi connectivity index (χ2v) is 7.88. The summed E-state index contributed by atoms with van der Waals surface area (Å²) in [6, 6.07) is 12.2. The van der Waals surface area contributed by atoms with Crippen LogP contribution >= 0.6 is 0 Å². The van der Waals surface area contributed by atoms with Gasteiger partial charge in [0.05, 0.1) is 6.54 Å². The molecule has 150 valence electrons. The number of hydrogen-bond donors (Lipinski definition) is 0. The number of aryl methyl sites for hydroxylation is 1. The average molecular weight is 382 g/mol. The molecule has 1 saturated heterocycles. The van der Waals surface area contributed by atoms with Gasteiger partial charge in [0, 0.05) is 57.4 Å². The fourth-order valence-electron chi connectivity index (χ4n) is 3.39. The van der Waals surface area contributed by atoms with E-state index in [0.717, 1.165) is 49.1 Å². The van der Waals surface area contributed by atoms with Crippen molar-refractivity contribution >= 4 is 11.7 Å². The Morgan fingerprint density at radius 1 is 1.11 bits per heavy atom. The number of nitrogens with zero attached hydrogens (tertiary/aromatic N) is 5. The van der Waals surface area contributed by atoms with Crippen LogP contribution in [0.1, 0.15) is 36.8 Å². The number of hydrogen-bond acceptors (Lipinski definition) is 5. The van der Waals surface area contributed by atoms with Crippen molar-refractivity contribution in [3.63, 3.8) is 0 Å². The van der Waals surface area contributed by atoms with Crippen molar-refractivity contribution in [3.8, 4) is 0 Å². The second-order valence-electron chi connectivity index (χ2n) is 7.88. The van der Waals surface area contributed by atoms with Crippen LogP contribution in [0.3, 0.4) is 0 Å². The maximum atomic E-state index is 12.6. The zero-order chi connectivity index (χ0) is 20.1. The van der Waals surface area contributed by atoms with Gasteiger partial charge in [0.2, 0.25) is 5.91 Å². The molecule has 6 nitrogen and oxygen atoms in total. The topological polar surface area (TPSA) is 52.6 Å². The molecule has 2 aromatic rings. The summed E-state index contributed by atoms with van der Waals surface area (Å²) in [6.45, 7) is 10.9. The molecule has 0 atom stereocenters. The van der Waals surface area contributed by atoms with Gasteiger partial charge < -0.3 is 9.80 Å². The minimum atomic E-state index is 0.164. The van der Waals surface area contributed by atoms with Crippen LogP contribution < -0.4 is 4.90 Å². The Labute approximate surface area is 168 Å². The molecule has 28 heavy (non-hydrogen) atoms. The molecule has 1 amide bonds. The number of aromatic nitrogens is 2. The third kappa shape index (κ3) is 5.29. The Kier molecular flexibility index (Phi) is 6.62. The zero-order valence-electron chi connectivity index (χ0n) is 17.4. The number of piperazine rings is 1. The van der Waals surface area contributed by atoms with Crippen LogP contribution in [0.25, 0.3) is 0 Å². The predicted octanol–water partition coefficient (Wildman–Crippen LogP) is 2.69. The Hall–Kier alpha value is -2.47. The summed E-state index contributed by atoms with van der Waals surface area (Å²) >= 11 is 0. The summed E-state index contributed by atoms with van der Waals surface area (Å²) in [4.78, 5) is 28.2. The lowest BCUT2D eigenvalue weighted by Gasteiger charge is -2.36. The van der Waals surface area contributed by atoms with E-state index in [2.05, 4.69) is 46.8 Å². The van der Waals surface area contributed by atoms with Crippen molar-refractivity contribution in [3.05, 3.63) is 53.5 Å². The minimum Gasteiger partial charge on any atom is -0.354 e. The Morgan fingerprint density at radius 2 is 1.79 bits per heavy atom. The molecule has 6 heteroatoms. The molecule has 0 N–H and O–H groups in total. The van der Waals surface area contributed by atoms with Gasteiger partial charge in [-0.15, -0.1) is 0 Å². The molecule has 0 bridgehead atoms. The summed E-state index contributed by atoms with van der Waals surface area (Å²) in [5.74, 6) is 2.38. The van der Waals surface area contributed by atoms with Crippen LogP contribution in [0.4, 0.5) is 5.82 Å². The molecule has 1 aromatic carbocycles. The maximum Gasteiger partial charge on any atom is 0.236 e. The zero-order valence-corrected chi connectivity index (χ0v) is 17.4. The maximum absolute atomic E-state index is 12.6. The Bertz CT molecular complexity index is 785. The first kappa shape index (κ1) is 20.3. The van der Waals surface area contributed by atoms with Gasteiger partial charge in [-0.1, -0.05) is 44.2 Å². The third-order valence-electron chi connectivity index (χ3n) is 5.12. The van der Waals surface area contributed by atoms with Crippen LogP contribution in [0, 0.1) is 6.92 Å². The van der Waals surface area contributed by atoms with E-state index in [9.17, 15) is 4.79 Å². The minimum absolute atomic E-state index is 0.164. The summed E-state index contributed by atoms with van der Waals surface area (Å²) < 4.78 is 0. The van der Waals surface area contributed by atoms with E-state index in [1.54, 1.807) is 0 Å². The van der Waals surface area contributed by atoms with Gasteiger partial charge in [0.1, 0.15) is 11.6 Å². The van der Waals surface area contributed by atoms with Crippen LogP contribution in [-0.2, 0) is 11.3 Å². The van der Waals surface area contributed by atoms with E-state index in [0.29, 0.717) is 19.0 Å². The first-order chi connectivity index (χ1) is 13.4. The van der Waals surface area contributed by atoms with Gasteiger partial charge in [0.15, 0.2) is 0 Å². The SMILES string of the molecule is Cc1cc(N2CCN(CC(=O)N(C)Cc3ccccc3)CC2)nc(C(C)C)n1. The highest BCUT2D eigenvalue weighted by atomic mass is 16.2. The van der Waals surface area contributed by atoms with E-state index < -0.39 is 0 Å². The highest BCUT2D eigenvalue weighted by Crippen LogP contribution is 2.18. The van der Waals surface area contributed by atoms with Crippen LogP contribution in [0.2, 0.25) is 0 Å². The van der Waals surface area contributed by atoms with Crippen molar-refractivity contribution in [1.29, 1.82) is 0 Å². The second kappa shape index (κ2) is 9.15. The molecule has 1 fully saturated rings. The fourth-order valence-corrected chi connectivity index (χ4v) is 3.39. The number of carbonyl (C=O) groups excluding carboxylic acids is 1. The van der Waals surface area contributed by atoms with E-state index in [1.807, 2.05) is 37.1 Å². The highest BCUT2D eigenvalue weighted by molar-refractivity contribution is 5.78. The predicted molar refractivity (Wildman–Crippen MR) is 112 cm³/mol. The van der Waals surface area contributed by atoms with E-state index in [1.165, 1.54) is 0 Å². The smallest absolute Gasteiger partial charge is 0.236 e. The lowest BCUT2D eigenvalue weighted by Crippen LogP contribution is -2.50. The van der Waals surface area contributed by atoms with Crippen molar-refractivity contribution < 1.29 is 4.79 Å². The normalized spacial score (nSPS) is 15.1. The molecule has 2 heterocycles. The standard InChI is InChI=1S/C22H31N5O/c1-17(2)22-23-18(3)14-20(24-22)27-12-10-26(11-13-27)16-21(28)25(4)15-19-8-6-5-7-9-19/h5-9,14,17H,10-13,15-16H2,1-4H3. The summed E-state index contributed by atoms with van der Waals surface area (Å²) in [5.41, 5.74) is 2.16. The molecular formula is C22H31N5O. The largest absolute Gasteiger partial charge is 0.354 e. The van der Waals surface area contributed by atoms with Crippen molar-refractivity contribution in [1.82, 2.24) is 19.8 Å². The molecule has 0 radical (unpaired) electrons. The molecule has 0 saturated carbocycles. The molecule has 0 aliphatic carbocycles. The third-order valence-corrected chi connectivity index (χ3v) is 5.12. The van der Waals surface area contributed by atoms with Gasteiger partial charge in [-0.25, -0.2) is 9.97 Å². The Morgan fingerprint density at radius 3 is 2.43 bits per heavy atom. The lowest BCUT2D eigenvalue weighted by atomic mass is 10.2. The van der Waals surface area contributed by atoms with Crippen molar-refractivity contribution in [2.45, 2.75) is 33.2 Å². The number of anilines is 1. The Balaban J connectivity index is 1.52. The quantitative estimate of drug-likeness (QED) is 0.770. The number of likely N-dealkylation sites (N-methyl/N-ethyl adjacent to an activating group) is 1. The molecule has 0 unspecified atom stereocenters. The first-order valence-electron chi connectivity index (χ1n) is 10.0. The monoisotopic (exact) mass is 381 g/mol. The van der Waals surface area contributed by atoms with Gasteiger partial charge in [0.25, 0.3) is 0 Å². The fraction of sp³-hybridized carbons (Fsp3) is 0.500. The van der Waals surface area contributed by atoms with Gasteiger partial charge >= 0.3 is 0 Å². The van der Waals surface area contributed by atoms with Crippen LogP contribution in [0.5, 0.6) is 0 Å². The number of benzene rings is 1. The van der Waals surface area contributed by atoms with Crippen LogP contribution in [0.15, 0.2) is 36.4 Å². The van der Waals surface area contributed by atoms with Gasteiger partial charge in [-0.05, 0) is 12.5 Å². The number of rotatable bonds is 6. The van der Waals surface area contributed by atoms with Crippen LogP contribution in [-0.4, -0.2) is 65.4 Å². The summed E-state index contributed by atoms with van der Waals surface area (Å²) in [6.07, 6.45) is 0. The molecule has 1 aliphatic rings. The van der Waals surface area contributed by atoms with E-state index in [4.69, 9.17) is 4.98 Å². The average Bonchev–Trinajstić information content (AvgIpc) is 2.68. The molecule has 3 rings (SSSR count). The van der Waals surface area contributed by atoms with Crippen molar-refractivity contribution in [2.24, 2.45) is 0 Å². The van der Waals surface area contributed by atoms with E-state index >= 15 is 0 Å². The number of amides is 1. The summed E-state index contributed by atoms with van der Waals surface area (Å²) in [5, 5.41) is 0. The van der Waals surface area contributed by atoms with E-state index in [-0.39, 0.29) is 5.91 Å². The van der Waals surface area contributed by atoms with Gasteiger partial charge in [-0.3, -0.25) is 9.69 Å². The number of carbonyl (C=O) groups is 1. The summed E-state index contributed by atoms with van der Waals surface area (Å²) in [7, 11) is 1.88. The molecule has 0 spiro atoms. The van der Waals surface area contributed by atoms with Crippen molar-refractivity contribution in [2.75, 3.05) is 44.7 Å². The first-order valence-corrected chi connectivity index (χ1v) is 10.0. The van der Waals surface area contributed by atoms with Gasteiger partial charge in [-0.2, -0.15) is 0 Å². The molecule has 1 aliphatic heterocycles.